The first kappa shape index (κ1) is 31.0. The van der Waals surface area contributed by atoms with E-state index in [4.69, 9.17) is 25.5 Å². The zero-order chi connectivity index (χ0) is 31.1. The van der Waals surface area contributed by atoms with Gasteiger partial charge in [0.2, 0.25) is 0 Å². The van der Waals surface area contributed by atoms with Gasteiger partial charge in [0.05, 0.1) is 26.4 Å². The number of methoxy groups -OCH3 is 2. The first-order chi connectivity index (χ1) is 21.1. The number of ether oxygens (including phenoxy) is 4. The van der Waals surface area contributed by atoms with Gasteiger partial charge in [0.15, 0.2) is 6.29 Å². The number of aryl methyl sites for hydroxylation is 2. The Kier molecular flexibility index (Phi) is 8.75. The van der Waals surface area contributed by atoms with Gasteiger partial charge in [-0.1, -0.05) is 55.8 Å². The van der Waals surface area contributed by atoms with Crippen LogP contribution < -0.4 is 9.47 Å². The summed E-state index contributed by atoms with van der Waals surface area (Å²) in [7, 11) is 3.48. The van der Waals surface area contributed by atoms with Crippen LogP contribution in [0.25, 0.3) is 0 Å². The van der Waals surface area contributed by atoms with Crippen molar-refractivity contribution >= 4 is 0 Å². The van der Waals surface area contributed by atoms with Crippen molar-refractivity contribution < 1.29 is 18.9 Å². The lowest BCUT2D eigenvalue weighted by molar-refractivity contribution is -0.165. The minimum Gasteiger partial charge on any atom is -0.497 e. The number of hydrogen-bond acceptors (Lipinski definition) is 7. The summed E-state index contributed by atoms with van der Waals surface area (Å²) in [5.74, 6) is 2.75. The second-order valence-corrected chi connectivity index (χ2v) is 13.7. The molecule has 2 aromatic rings. The molecule has 0 N–H and O–H groups in total. The predicted octanol–water partition coefficient (Wildman–Crippen LogP) is 6.66. The molecule has 0 amide bonds. The number of likely N-dealkylation sites (tertiary alicyclic amines) is 1. The van der Waals surface area contributed by atoms with Gasteiger partial charge in [0, 0.05) is 62.1 Å². The Morgan fingerprint density at radius 2 is 1.73 bits per heavy atom. The lowest BCUT2D eigenvalue weighted by Gasteiger charge is -2.46. The lowest BCUT2D eigenvalue weighted by Crippen LogP contribution is -2.53. The van der Waals surface area contributed by atoms with E-state index in [-0.39, 0.29) is 17.2 Å². The summed E-state index contributed by atoms with van der Waals surface area (Å²) in [6, 6.07) is 11.1. The smallest absolute Gasteiger partial charge is 0.157 e. The van der Waals surface area contributed by atoms with Crippen molar-refractivity contribution in [3.63, 3.8) is 0 Å². The van der Waals surface area contributed by atoms with E-state index >= 15 is 0 Å². The molecule has 7 heteroatoms. The molecule has 44 heavy (non-hydrogen) atoms. The normalized spacial score (nSPS) is 22.8. The van der Waals surface area contributed by atoms with E-state index in [2.05, 4.69) is 72.7 Å². The molecular formula is C37H51N3O4. The van der Waals surface area contributed by atoms with E-state index in [0.29, 0.717) is 6.61 Å². The van der Waals surface area contributed by atoms with Crippen LogP contribution in [-0.2, 0) is 28.0 Å². The van der Waals surface area contributed by atoms with E-state index in [1.807, 2.05) is 6.07 Å². The third-order valence-electron chi connectivity index (χ3n) is 10.1. The summed E-state index contributed by atoms with van der Waals surface area (Å²) in [6.45, 7) is 19.7. The second kappa shape index (κ2) is 12.4. The molecule has 0 aromatic heterocycles. The minimum atomic E-state index is -0.247. The Morgan fingerprint density at radius 1 is 0.977 bits per heavy atom. The third kappa shape index (κ3) is 5.86. The van der Waals surface area contributed by atoms with Crippen molar-refractivity contribution in [1.29, 1.82) is 0 Å². The molecule has 1 unspecified atom stereocenters. The van der Waals surface area contributed by atoms with Crippen LogP contribution >= 0.6 is 0 Å². The Labute approximate surface area is 264 Å². The van der Waals surface area contributed by atoms with Crippen molar-refractivity contribution in [2.75, 3.05) is 47.1 Å². The first-order valence-electron chi connectivity index (χ1n) is 16.4. The summed E-state index contributed by atoms with van der Waals surface area (Å²) >= 11 is 0. The van der Waals surface area contributed by atoms with Crippen LogP contribution in [0.15, 0.2) is 54.5 Å². The molecule has 4 heterocycles. The van der Waals surface area contributed by atoms with Gasteiger partial charge in [-0.25, -0.2) is 0 Å². The Hall–Kier alpha value is -3.00. The van der Waals surface area contributed by atoms with Crippen LogP contribution in [0.5, 0.6) is 11.5 Å². The molecule has 0 saturated carbocycles. The number of benzene rings is 2. The molecule has 4 aliphatic heterocycles. The highest BCUT2D eigenvalue weighted by Gasteiger charge is 2.53. The topological polar surface area (TPSA) is 46.6 Å². The molecule has 238 valence electrons. The number of piperidine rings is 1. The van der Waals surface area contributed by atoms with Crippen LogP contribution in [0.2, 0.25) is 0 Å². The Morgan fingerprint density at radius 3 is 2.39 bits per heavy atom. The van der Waals surface area contributed by atoms with Gasteiger partial charge in [-0.15, -0.1) is 0 Å². The Bertz CT molecular complexity index is 1380. The summed E-state index contributed by atoms with van der Waals surface area (Å²) in [5.41, 5.74) is 7.48. The number of rotatable bonds is 8. The first-order valence-corrected chi connectivity index (χ1v) is 16.4. The van der Waals surface area contributed by atoms with Crippen LogP contribution in [0.1, 0.15) is 73.8 Å². The quantitative estimate of drug-likeness (QED) is 0.335. The molecule has 0 bridgehead atoms. The summed E-state index contributed by atoms with van der Waals surface area (Å²) in [6.07, 6.45) is 7.75. The van der Waals surface area contributed by atoms with E-state index < -0.39 is 0 Å². The molecular weight excluding hydrogens is 550 g/mol. The zero-order valence-corrected chi connectivity index (χ0v) is 27.7. The highest BCUT2D eigenvalue weighted by molar-refractivity contribution is 5.55. The lowest BCUT2D eigenvalue weighted by atomic mass is 9.77. The van der Waals surface area contributed by atoms with Crippen LogP contribution in [-0.4, -0.2) is 73.6 Å². The fourth-order valence-electron chi connectivity index (χ4n) is 8.16. The van der Waals surface area contributed by atoms with E-state index in [1.165, 1.54) is 39.9 Å². The number of nitrogens with zero attached hydrogens (tertiary/aromatic N) is 3. The maximum Gasteiger partial charge on any atom is 0.157 e. The van der Waals surface area contributed by atoms with Gasteiger partial charge in [-0.2, -0.15) is 0 Å². The zero-order valence-electron chi connectivity index (χ0n) is 27.7. The fraction of sp³-hybridized carbons (Fsp3) is 0.568. The molecule has 1 atom stereocenters. The number of fused-ring (bicyclic) bond motifs is 3. The summed E-state index contributed by atoms with van der Waals surface area (Å²) in [4.78, 5) is 7.65. The van der Waals surface area contributed by atoms with Crippen LogP contribution in [0.3, 0.4) is 0 Å². The molecule has 2 aromatic carbocycles. The Balaban J connectivity index is 1.32. The van der Waals surface area contributed by atoms with Crippen molar-refractivity contribution in [3.8, 4) is 11.5 Å². The van der Waals surface area contributed by atoms with Gasteiger partial charge in [-0.3, -0.25) is 4.90 Å². The number of allylic oxidation sites excluding steroid dienone is 1. The molecule has 1 spiro atoms. The highest BCUT2D eigenvalue weighted by atomic mass is 16.7. The SMILES string of the molecule is C=C1N2Cc3cc(OC)cc(OC)c3C(C)(C)C=C2C2(CCN(Cc3cc(C)cc(C)c3)CC2)N1CCOC1CCCCO1. The van der Waals surface area contributed by atoms with Gasteiger partial charge in [0.1, 0.15) is 17.3 Å². The summed E-state index contributed by atoms with van der Waals surface area (Å²) in [5, 5.41) is 0. The molecule has 0 radical (unpaired) electrons. The van der Waals surface area contributed by atoms with Crippen molar-refractivity contribution in [1.82, 2.24) is 14.7 Å². The minimum absolute atomic E-state index is 0.0917. The highest BCUT2D eigenvalue weighted by Crippen LogP contribution is 2.52. The van der Waals surface area contributed by atoms with E-state index in [9.17, 15) is 0 Å². The number of hydrogen-bond donors (Lipinski definition) is 0. The fourth-order valence-corrected chi connectivity index (χ4v) is 8.16. The standard InChI is InChI=1S/C37H51N3O4/c1-26-18-27(2)20-29(19-26)24-38-13-11-37(12-14-38)33-23-36(4,5)35-30(21-31(41-6)22-32(35)42-7)25-39(33)28(3)40(37)15-17-44-34-10-8-9-16-43-34/h18-23,34H,3,8-17,24-25H2,1-2,4-7H3. The van der Waals surface area contributed by atoms with Crippen molar-refractivity contribution in [2.45, 2.75) is 90.1 Å². The van der Waals surface area contributed by atoms with Gasteiger partial charge < -0.3 is 28.7 Å². The van der Waals surface area contributed by atoms with Crippen molar-refractivity contribution in [2.24, 2.45) is 0 Å². The van der Waals surface area contributed by atoms with Crippen LogP contribution in [0.4, 0.5) is 0 Å². The van der Waals surface area contributed by atoms with Gasteiger partial charge >= 0.3 is 0 Å². The van der Waals surface area contributed by atoms with Crippen LogP contribution in [0, 0.1) is 13.8 Å². The second-order valence-electron chi connectivity index (χ2n) is 13.7. The van der Waals surface area contributed by atoms with Gasteiger partial charge in [-0.05, 0) is 63.1 Å². The molecule has 0 aliphatic carbocycles. The van der Waals surface area contributed by atoms with E-state index in [0.717, 1.165) is 82.3 Å². The molecule has 6 rings (SSSR count). The average Bonchev–Trinajstić information content (AvgIpc) is 3.10. The molecule has 4 aliphatic rings. The van der Waals surface area contributed by atoms with E-state index in [1.54, 1.807) is 14.2 Å². The third-order valence-corrected chi connectivity index (χ3v) is 10.1. The maximum atomic E-state index is 6.30. The monoisotopic (exact) mass is 601 g/mol. The van der Waals surface area contributed by atoms with Crippen molar-refractivity contribution in [3.05, 3.63) is 82.3 Å². The molecule has 3 fully saturated rings. The predicted molar refractivity (Wildman–Crippen MR) is 175 cm³/mol. The van der Waals surface area contributed by atoms with Gasteiger partial charge in [0.25, 0.3) is 0 Å². The summed E-state index contributed by atoms with van der Waals surface area (Å²) < 4.78 is 23.9. The average molecular weight is 602 g/mol. The largest absolute Gasteiger partial charge is 0.497 e. The molecule has 7 nitrogen and oxygen atoms in total. The maximum absolute atomic E-state index is 6.30. The molecule has 3 saturated heterocycles.